The van der Waals surface area contributed by atoms with Crippen LogP contribution in [0.2, 0.25) is 0 Å². The zero-order valence-corrected chi connectivity index (χ0v) is 37.1. The number of carbonyl (C=O) groups excluding carboxylic acids is 3. The van der Waals surface area contributed by atoms with Crippen LogP contribution in [0.4, 0.5) is 11.5 Å². The Morgan fingerprint density at radius 3 is 2.15 bits per heavy atom. The number of amides is 3. The molecule has 6 aliphatic rings. The number of nitrogens with two attached hydrogens (primary N) is 1. The fourth-order valence-corrected chi connectivity index (χ4v) is 11.5. The lowest BCUT2D eigenvalue weighted by Gasteiger charge is -2.45. The first-order chi connectivity index (χ1) is 31.8. The van der Waals surface area contributed by atoms with Gasteiger partial charge in [0.15, 0.2) is 5.65 Å². The zero-order valence-electron chi connectivity index (χ0n) is 37.1. The number of hydrogen-bond acceptors (Lipinski definition) is 12. The second kappa shape index (κ2) is 17.8. The third kappa shape index (κ3) is 8.57. The number of likely N-dealkylation sites (tertiary alicyclic amines) is 3. The number of imide groups is 1. The van der Waals surface area contributed by atoms with E-state index < -0.39 is 6.04 Å². The molecular formula is C50H59N11O4. The SMILES string of the molecule is Nc1ncnc2c1c(-c1ccc(Oc3ccccc3)cc1)nn2C1CCN(C2CCN(CC3CCN(CC4CN(c5ccc6c(c5)CN(C5CCC(=O)NC5=O)C6=O)C4)CC3)CC2)CC1. The van der Waals surface area contributed by atoms with Crippen molar-refractivity contribution in [2.75, 3.05) is 76.1 Å². The molecule has 0 aliphatic carbocycles. The predicted molar refractivity (Wildman–Crippen MR) is 248 cm³/mol. The molecule has 0 saturated carbocycles. The van der Waals surface area contributed by atoms with Crippen molar-refractivity contribution in [1.82, 2.24) is 44.7 Å². The van der Waals surface area contributed by atoms with Crippen LogP contribution in [0.15, 0.2) is 79.1 Å². The van der Waals surface area contributed by atoms with Gasteiger partial charge in [-0.05, 0) is 137 Å². The lowest BCUT2D eigenvalue weighted by Crippen LogP contribution is -2.53. The molecule has 338 valence electrons. The van der Waals surface area contributed by atoms with Gasteiger partial charge in [0.05, 0.1) is 11.4 Å². The standard InChI is InChI=1S/C50H59N11O4/c51-47-45-46(35-6-9-41(10-7-35)65-40-4-2-1-3-5-40)55-61(48(45)53-32-52-47)38-18-24-58(25-19-38)37-16-22-57(23-17-37)27-33-14-20-56(21-15-33)28-34-29-59(30-34)39-8-11-42-36(26-39)31-60(50(42)64)43-12-13-44(62)54-49(43)63/h1-11,26,32-34,37-38,43H,12-25,27-31H2,(H2,51,52,53)(H,54,62,63). The van der Waals surface area contributed by atoms with Crippen molar-refractivity contribution in [3.63, 3.8) is 0 Å². The maximum atomic E-state index is 13.1. The van der Waals surface area contributed by atoms with Crippen molar-refractivity contribution in [3.05, 3.63) is 90.3 Å². The first kappa shape index (κ1) is 41.8. The number of piperidine rings is 4. The van der Waals surface area contributed by atoms with Gasteiger partial charge in [0.25, 0.3) is 5.91 Å². The average molecular weight is 878 g/mol. The first-order valence-corrected chi connectivity index (χ1v) is 23.8. The minimum atomic E-state index is -0.579. The maximum absolute atomic E-state index is 13.1. The second-order valence-corrected chi connectivity index (χ2v) is 19.2. The molecule has 0 bridgehead atoms. The summed E-state index contributed by atoms with van der Waals surface area (Å²) < 4.78 is 8.15. The number of anilines is 2. The first-order valence-electron chi connectivity index (χ1n) is 23.8. The van der Waals surface area contributed by atoms with Crippen molar-refractivity contribution >= 4 is 40.3 Å². The summed E-state index contributed by atoms with van der Waals surface area (Å²) in [5.74, 6) is 2.70. The van der Waals surface area contributed by atoms with Crippen LogP contribution >= 0.6 is 0 Å². The van der Waals surface area contributed by atoms with Gasteiger partial charge in [-0.15, -0.1) is 0 Å². The molecular weight excluding hydrogens is 819 g/mol. The molecule has 65 heavy (non-hydrogen) atoms. The van der Waals surface area contributed by atoms with Crippen molar-refractivity contribution in [1.29, 1.82) is 0 Å². The molecule has 5 saturated heterocycles. The third-order valence-corrected chi connectivity index (χ3v) is 15.1. The van der Waals surface area contributed by atoms with Gasteiger partial charge in [-0.2, -0.15) is 5.10 Å². The Balaban J connectivity index is 0.609. The van der Waals surface area contributed by atoms with Crippen molar-refractivity contribution in [3.8, 4) is 22.8 Å². The molecule has 3 amide bonds. The number of benzene rings is 3. The number of nitrogens with zero attached hydrogens (tertiary/aromatic N) is 9. The van der Waals surface area contributed by atoms with E-state index in [1.54, 1.807) is 11.2 Å². The zero-order chi connectivity index (χ0) is 44.0. The van der Waals surface area contributed by atoms with Crippen LogP contribution in [0.1, 0.15) is 73.3 Å². The second-order valence-electron chi connectivity index (χ2n) is 19.2. The van der Waals surface area contributed by atoms with Gasteiger partial charge in [0, 0.05) is 81.0 Å². The number of fused-ring (bicyclic) bond motifs is 2. The van der Waals surface area contributed by atoms with Gasteiger partial charge in [-0.1, -0.05) is 18.2 Å². The lowest BCUT2D eigenvalue weighted by molar-refractivity contribution is -0.136. The quantitative estimate of drug-likeness (QED) is 0.159. The normalized spacial score (nSPS) is 22.4. The van der Waals surface area contributed by atoms with Gasteiger partial charge in [0.1, 0.15) is 35.4 Å². The van der Waals surface area contributed by atoms with Crippen molar-refractivity contribution < 1.29 is 19.1 Å². The Morgan fingerprint density at radius 1 is 0.723 bits per heavy atom. The highest BCUT2D eigenvalue weighted by Crippen LogP contribution is 2.37. The van der Waals surface area contributed by atoms with Gasteiger partial charge in [0.2, 0.25) is 11.8 Å². The molecule has 15 nitrogen and oxygen atoms in total. The molecule has 2 aromatic heterocycles. The van der Waals surface area contributed by atoms with Gasteiger partial charge >= 0.3 is 0 Å². The maximum Gasteiger partial charge on any atom is 0.255 e. The summed E-state index contributed by atoms with van der Waals surface area (Å²) >= 11 is 0. The molecule has 1 atom stereocenters. The van der Waals surface area contributed by atoms with Crippen LogP contribution < -0.4 is 20.7 Å². The Labute approximate surface area is 379 Å². The summed E-state index contributed by atoms with van der Waals surface area (Å²) in [4.78, 5) is 58.5. The highest BCUT2D eigenvalue weighted by atomic mass is 16.5. The third-order valence-electron chi connectivity index (χ3n) is 15.1. The average Bonchev–Trinajstić information content (AvgIpc) is 3.87. The molecule has 1 unspecified atom stereocenters. The lowest BCUT2D eigenvalue weighted by atomic mass is 9.92. The summed E-state index contributed by atoms with van der Waals surface area (Å²) in [6.07, 6.45) is 9.31. The molecule has 3 N–H and O–H groups in total. The number of nitrogens with one attached hydrogen (secondary N) is 1. The fourth-order valence-electron chi connectivity index (χ4n) is 11.5. The van der Waals surface area contributed by atoms with Crippen molar-refractivity contribution in [2.45, 2.75) is 76.0 Å². The van der Waals surface area contributed by atoms with Gasteiger partial charge in [-0.25, -0.2) is 14.6 Å². The summed E-state index contributed by atoms with van der Waals surface area (Å²) in [6, 6.07) is 24.2. The van der Waals surface area contributed by atoms with Crippen molar-refractivity contribution in [2.24, 2.45) is 11.8 Å². The highest BCUT2D eigenvalue weighted by molar-refractivity contribution is 6.05. The summed E-state index contributed by atoms with van der Waals surface area (Å²) in [7, 11) is 0. The molecule has 6 aliphatic heterocycles. The highest BCUT2D eigenvalue weighted by Gasteiger charge is 2.40. The number of hydrogen-bond donors (Lipinski definition) is 2. The van der Waals surface area contributed by atoms with E-state index in [1.807, 2.05) is 60.7 Å². The van der Waals surface area contributed by atoms with Gasteiger partial charge < -0.3 is 35.0 Å². The topological polar surface area (TPSA) is 158 Å². The molecule has 8 heterocycles. The van der Waals surface area contributed by atoms with Gasteiger partial charge in [-0.3, -0.25) is 19.7 Å². The smallest absolute Gasteiger partial charge is 0.255 e. The van der Waals surface area contributed by atoms with E-state index in [-0.39, 0.29) is 30.2 Å². The molecule has 0 radical (unpaired) electrons. The van der Waals surface area contributed by atoms with E-state index >= 15 is 0 Å². The summed E-state index contributed by atoms with van der Waals surface area (Å²) in [5.41, 5.74) is 11.9. The number of aromatic nitrogens is 4. The Morgan fingerprint density at radius 2 is 1.42 bits per heavy atom. The Kier molecular flexibility index (Phi) is 11.5. The number of para-hydroxylation sites is 1. The van der Waals surface area contributed by atoms with E-state index in [4.69, 9.17) is 20.6 Å². The van der Waals surface area contributed by atoms with Crippen LogP contribution in [0, 0.1) is 11.8 Å². The summed E-state index contributed by atoms with van der Waals surface area (Å²) in [6.45, 7) is 11.7. The Hall–Kier alpha value is -5.90. The molecule has 15 heteroatoms. The molecule has 11 rings (SSSR count). The molecule has 3 aromatic carbocycles. The minimum Gasteiger partial charge on any atom is -0.457 e. The number of carbonyl (C=O) groups is 3. The molecule has 5 fully saturated rings. The van der Waals surface area contributed by atoms with E-state index in [0.717, 1.165) is 96.5 Å². The number of ether oxygens (including phenoxy) is 1. The number of nitrogen functional groups attached to an aromatic ring is 1. The van der Waals surface area contributed by atoms with Crippen LogP contribution in [0.5, 0.6) is 11.5 Å². The minimum absolute atomic E-state index is 0.115. The molecule has 0 spiro atoms. The molecule has 5 aromatic rings. The van der Waals surface area contributed by atoms with E-state index in [0.29, 0.717) is 36.3 Å². The van der Waals surface area contributed by atoms with Crippen LogP contribution in [0.3, 0.4) is 0 Å². The number of rotatable bonds is 11. The van der Waals surface area contributed by atoms with E-state index in [1.165, 1.54) is 58.4 Å². The fraction of sp³-hybridized carbons (Fsp3) is 0.480. The van der Waals surface area contributed by atoms with E-state index in [9.17, 15) is 14.4 Å². The summed E-state index contributed by atoms with van der Waals surface area (Å²) in [5, 5.41) is 8.37. The predicted octanol–water partition coefficient (Wildman–Crippen LogP) is 5.58. The van der Waals surface area contributed by atoms with E-state index in [2.05, 4.69) is 46.7 Å². The Bertz CT molecular complexity index is 2540. The largest absolute Gasteiger partial charge is 0.457 e. The monoisotopic (exact) mass is 877 g/mol. The van der Waals surface area contributed by atoms with Crippen LogP contribution in [-0.2, 0) is 16.1 Å². The van der Waals surface area contributed by atoms with Crippen LogP contribution in [0.25, 0.3) is 22.3 Å². The van der Waals surface area contributed by atoms with Crippen LogP contribution in [-0.4, -0.2) is 135 Å².